The number of aromatic nitrogens is 2. The lowest BCUT2D eigenvalue weighted by molar-refractivity contribution is 0.0697. The summed E-state index contributed by atoms with van der Waals surface area (Å²) in [6.07, 6.45) is 1.80. The normalized spacial score (nSPS) is 17.3. The second-order valence-corrected chi connectivity index (χ2v) is 9.67. The fourth-order valence-corrected chi connectivity index (χ4v) is 5.43. The Labute approximate surface area is 216 Å². The number of carboxylic acid groups (broad SMARTS) is 1. The molecule has 7 heteroatoms. The predicted molar refractivity (Wildman–Crippen MR) is 146 cm³/mol. The topological polar surface area (TPSA) is 70.4 Å². The van der Waals surface area contributed by atoms with Crippen LogP contribution in [-0.4, -0.2) is 25.7 Å². The first-order valence-electron chi connectivity index (χ1n) is 11.9. The van der Waals surface area contributed by atoms with Gasteiger partial charge in [0.15, 0.2) is 5.11 Å². The van der Waals surface area contributed by atoms with Crippen LogP contribution in [0.3, 0.4) is 0 Å². The van der Waals surface area contributed by atoms with E-state index in [1.807, 2.05) is 31.2 Å². The highest BCUT2D eigenvalue weighted by atomic mass is 32.1. The van der Waals surface area contributed by atoms with E-state index in [0.29, 0.717) is 5.11 Å². The van der Waals surface area contributed by atoms with E-state index in [4.69, 9.17) is 12.2 Å². The summed E-state index contributed by atoms with van der Waals surface area (Å²) in [4.78, 5) is 18.4. The highest BCUT2D eigenvalue weighted by Gasteiger charge is 2.42. The highest BCUT2D eigenvalue weighted by molar-refractivity contribution is 7.80. The molecule has 2 unspecified atom stereocenters. The molecule has 1 aliphatic heterocycles. The number of rotatable bonds is 5. The predicted octanol–water partition coefficient (Wildman–Crippen LogP) is 5.98. The second kappa shape index (κ2) is 9.24. The summed E-state index contributed by atoms with van der Waals surface area (Å²) < 4.78 is 2.11. The first kappa shape index (κ1) is 23.8. The molecule has 0 amide bonds. The number of anilines is 1. The van der Waals surface area contributed by atoms with Crippen LogP contribution in [0.2, 0.25) is 0 Å². The van der Waals surface area contributed by atoms with Crippen molar-refractivity contribution in [3.05, 3.63) is 112 Å². The van der Waals surface area contributed by atoms with Gasteiger partial charge in [0.1, 0.15) is 0 Å². The van der Waals surface area contributed by atoms with Crippen molar-refractivity contribution in [2.75, 3.05) is 4.90 Å². The fraction of sp³-hybridized carbons (Fsp3) is 0.207. The maximum Gasteiger partial charge on any atom is 0.335 e. The van der Waals surface area contributed by atoms with Crippen molar-refractivity contribution in [1.82, 2.24) is 14.9 Å². The number of carboxylic acids is 1. The Morgan fingerprint density at radius 3 is 2.44 bits per heavy atom. The van der Waals surface area contributed by atoms with E-state index in [2.05, 4.69) is 64.8 Å². The van der Waals surface area contributed by atoms with Crippen molar-refractivity contribution >= 4 is 29.0 Å². The molecule has 2 aromatic heterocycles. The minimum Gasteiger partial charge on any atom is -0.478 e. The van der Waals surface area contributed by atoms with E-state index >= 15 is 0 Å². The van der Waals surface area contributed by atoms with Gasteiger partial charge in [0, 0.05) is 29.0 Å². The van der Waals surface area contributed by atoms with Crippen LogP contribution in [0.5, 0.6) is 0 Å². The lowest BCUT2D eigenvalue weighted by Crippen LogP contribution is -2.29. The van der Waals surface area contributed by atoms with Gasteiger partial charge in [0.25, 0.3) is 0 Å². The molecule has 36 heavy (non-hydrogen) atoms. The summed E-state index contributed by atoms with van der Waals surface area (Å²) in [5, 5.41) is 13.7. The number of hydrogen-bond donors (Lipinski definition) is 2. The van der Waals surface area contributed by atoms with E-state index in [-0.39, 0.29) is 17.6 Å². The van der Waals surface area contributed by atoms with Gasteiger partial charge < -0.3 is 19.9 Å². The van der Waals surface area contributed by atoms with Gasteiger partial charge in [-0.3, -0.25) is 4.98 Å². The Bertz CT molecular complexity index is 1480. The minimum absolute atomic E-state index is 0.142. The Kier molecular flexibility index (Phi) is 6.10. The van der Waals surface area contributed by atoms with Gasteiger partial charge in [-0.05, 0) is 105 Å². The average molecular weight is 497 g/mol. The molecular weight excluding hydrogens is 468 g/mol. The molecule has 4 aromatic rings. The van der Waals surface area contributed by atoms with Gasteiger partial charge in [-0.15, -0.1) is 0 Å². The van der Waals surface area contributed by atoms with E-state index in [0.717, 1.165) is 34.0 Å². The minimum atomic E-state index is -0.944. The molecule has 182 valence electrons. The molecule has 1 fully saturated rings. The number of nitrogens with one attached hydrogen (secondary N) is 1. The van der Waals surface area contributed by atoms with Crippen LogP contribution in [0.1, 0.15) is 56.2 Å². The van der Waals surface area contributed by atoms with Crippen LogP contribution in [0.25, 0.3) is 5.69 Å². The summed E-state index contributed by atoms with van der Waals surface area (Å²) in [5.74, 6) is -0.944. The summed E-state index contributed by atoms with van der Waals surface area (Å²) >= 11 is 5.89. The fourth-order valence-electron chi connectivity index (χ4n) is 5.09. The van der Waals surface area contributed by atoms with Gasteiger partial charge >= 0.3 is 5.97 Å². The van der Waals surface area contributed by atoms with Crippen molar-refractivity contribution in [2.45, 2.75) is 39.8 Å². The van der Waals surface area contributed by atoms with Crippen molar-refractivity contribution in [3.8, 4) is 5.69 Å². The Morgan fingerprint density at radius 1 is 0.944 bits per heavy atom. The number of thiocarbonyl (C=S) groups is 1. The van der Waals surface area contributed by atoms with Crippen LogP contribution in [-0.2, 0) is 0 Å². The van der Waals surface area contributed by atoms with Crippen LogP contribution >= 0.6 is 12.2 Å². The summed E-state index contributed by atoms with van der Waals surface area (Å²) in [5.41, 5.74) is 8.59. The third kappa shape index (κ3) is 4.05. The summed E-state index contributed by atoms with van der Waals surface area (Å²) in [6.45, 7) is 8.33. The van der Waals surface area contributed by atoms with Crippen LogP contribution < -0.4 is 10.2 Å². The van der Waals surface area contributed by atoms with E-state index in [9.17, 15) is 9.90 Å². The van der Waals surface area contributed by atoms with Gasteiger partial charge in [-0.1, -0.05) is 18.2 Å². The SMILES string of the molecule is Cc1ccc(N2C(=S)NC(c3ccccn3)C2c2cc(C)n(-c3cccc(C(=O)O)c3)c2C)cc1C. The zero-order chi connectivity index (χ0) is 25.6. The quantitative estimate of drug-likeness (QED) is 0.331. The number of aryl methyl sites for hydroxylation is 3. The number of benzene rings is 2. The molecule has 5 rings (SSSR count). The van der Waals surface area contributed by atoms with Gasteiger partial charge in [0.2, 0.25) is 0 Å². The Balaban J connectivity index is 1.68. The molecule has 0 saturated carbocycles. The first-order chi connectivity index (χ1) is 17.3. The van der Waals surface area contributed by atoms with Gasteiger partial charge in [0.05, 0.1) is 23.3 Å². The van der Waals surface area contributed by atoms with Crippen molar-refractivity contribution in [1.29, 1.82) is 0 Å². The molecule has 0 spiro atoms. The average Bonchev–Trinajstić information content (AvgIpc) is 3.36. The molecule has 1 saturated heterocycles. The second-order valence-electron chi connectivity index (χ2n) is 9.28. The summed E-state index contributed by atoms with van der Waals surface area (Å²) in [6, 6.07) is 21.2. The van der Waals surface area contributed by atoms with Crippen LogP contribution in [0.4, 0.5) is 5.69 Å². The first-order valence-corrected chi connectivity index (χ1v) is 12.3. The van der Waals surface area contributed by atoms with E-state index in [1.165, 1.54) is 11.1 Å². The molecule has 0 radical (unpaired) electrons. The largest absolute Gasteiger partial charge is 0.478 e. The van der Waals surface area contributed by atoms with Gasteiger partial charge in [-0.2, -0.15) is 0 Å². The van der Waals surface area contributed by atoms with Crippen molar-refractivity contribution in [3.63, 3.8) is 0 Å². The van der Waals surface area contributed by atoms with Crippen molar-refractivity contribution in [2.24, 2.45) is 0 Å². The van der Waals surface area contributed by atoms with Crippen LogP contribution in [0, 0.1) is 27.7 Å². The lowest BCUT2D eigenvalue weighted by atomic mass is 9.96. The number of aromatic carboxylic acids is 1. The van der Waals surface area contributed by atoms with Crippen LogP contribution in [0.15, 0.2) is 72.9 Å². The maximum absolute atomic E-state index is 11.6. The molecule has 1 aliphatic rings. The number of hydrogen-bond acceptors (Lipinski definition) is 3. The zero-order valence-electron chi connectivity index (χ0n) is 20.7. The number of carbonyl (C=O) groups is 1. The lowest BCUT2D eigenvalue weighted by Gasteiger charge is -2.28. The summed E-state index contributed by atoms with van der Waals surface area (Å²) in [7, 11) is 0. The molecule has 0 bridgehead atoms. The number of nitrogens with zero attached hydrogens (tertiary/aromatic N) is 3. The molecular formula is C29H28N4O2S. The zero-order valence-corrected chi connectivity index (χ0v) is 21.5. The molecule has 2 aromatic carbocycles. The standard InChI is InChI=1S/C29H28N4O2S/c1-17-11-12-23(14-18(17)2)33-27(26(31-29(33)36)25-10-5-6-13-30-25)24-15-19(3)32(20(24)4)22-9-7-8-21(16-22)28(34)35/h5-16,26-27H,1-4H3,(H,31,36)(H,34,35). The van der Waals surface area contributed by atoms with E-state index < -0.39 is 5.97 Å². The third-order valence-electron chi connectivity index (χ3n) is 7.01. The highest BCUT2D eigenvalue weighted by Crippen LogP contribution is 2.44. The number of pyridine rings is 1. The maximum atomic E-state index is 11.6. The molecule has 3 heterocycles. The van der Waals surface area contributed by atoms with Crippen molar-refractivity contribution < 1.29 is 9.90 Å². The molecule has 0 aliphatic carbocycles. The monoisotopic (exact) mass is 496 g/mol. The van der Waals surface area contributed by atoms with E-state index in [1.54, 1.807) is 24.4 Å². The smallest absolute Gasteiger partial charge is 0.335 e. The molecule has 2 atom stereocenters. The Hall–Kier alpha value is -3.97. The molecule has 6 nitrogen and oxygen atoms in total. The van der Waals surface area contributed by atoms with Gasteiger partial charge in [-0.25, -0.2) is 4.79 Å². The third-order valence-corrected chi connectivity index (χ3v) is 7.32. The Morgan fingerprint density at radius 2 is 1.75 bits per heavy atom. The molecule has 2 N–H and O–H groups in total.